The number of likely N-dealkylation sites (tertiary alicyclic amines) is 1. The zero-order valence-electron chi connectivity index (χ0n) is 16.7. The first-order chi connectivity index (χ1) is 14.6. The molecular formula is C21H21F3N4O3. The average Bonchev–Trinajstić information content (AvgIpc) is 3.26. The number of amides is 2. The van der Waals surface area contributed by atoms with Gasteiger partial charge in [0.2, 0.25) is 5.95 Å². The van der Waals surface area contributed by atoms with Gasteiger partial charge in [-0.15, -0.1) is 0 Å². The smallest absolute Gasteiger partial charge is 0.416 e. The van der Waals surface area contributed by atoms with Gasteiger partial charge in [0, 0.05) is 18.8 Å². The Hall–Kier alpha value is -3.17. The van der Waals surface area contributed by atoms with Crippen LogP contribution in [0, 0.1) is 18.8 Å². The van der Waals surface area contributed by atoms with Crippen LogP contribution in [0.3, 0.4) is 0 Å². The lowest BCUT2D eigenvalue weighted by Crippen LogP contribution is -2.34. The quantitative estimate of drug-likeness (QED) is 0.757. The summed E-state index contributed by atoms with van der Waals surface area (Å²) in [6.07, 6.45) is -3.21. The summed E-state index contributed by atoms with van der Waals surface area (Å²) in [5.41, 5.74) is -0.0606. The van der Waals surface area contributed by atoms with E-state index in [1.165, 1.54) is 12.1 Å². The largest absolute Gasteiger partial charge is 0.477 e. The van der Waals surface area contributed by atoms with Gasteiger partial charge in [0.25, 0.3) is 0 Å². The fourth-order valence-electron chi connectivity index (χ4n) is 4.74. The van der Waals surface area contributed by atoms with Crippen molar-refractivity contribution in [3.8, 4) is 0 Å². The maximum atomic E-state index is 13.4. The van der Waals surface area contributed by atoms with Gasteiger partial charge in [0.05, 0.1) is 5.56 Å². The number of carboxylic acids is 1. The van der Waals surface area contributed by atoms with E-state index in [0.29, 0.717) is 37.2 Å². The molecule has 0 spiro atoms. The molecule has 1 saturated heterocycles. The summed E-state index contributed by atoms with van der Waals surface area (Å²) in [7, 11) is 0. The van der Waals surface area contributed by atoms with Crippen LogP contribution < -0.4 is 5.32 Å². The fourth-order valence-corrected chi connectivity index (χ4v) is 4.74. The van der Waals surface area contributed by atoms with Crippen LogP contribution in [0.4, 0.5) is 23.9 Å². The van der Waals surface area contributed by atoms with Gasteiger partial charge >= 0.3 is 18.2 Å². The number of carboxylic acid groups (broad SMARTS) is 1. The molecule has 0 radical (unpaired) electrons. The van der Waals surface area contributed by atoms with Gasteiger partial charge in [-0.25, -0.2) is 19.6 Å². The Balaban J connectivity index is 1.41. The van der Waals surface area contributed by atoms with E-state index in [4.69, 9.17) is 5.11 Å². The summed E-state index contributed by atoms with van der Waals surface area (Å²) in [4.78, 5) is 33.2. The number of benzene rings is 1. The Labute approximate surface area is 176 Å². The van der Waals surface area contributed by atoms with Crippen molar-refractivity contribution < 1.29 is 27.9 Å². The van der Waals surface area contributed by atoms with Gasteiger partial charge < -0.3 is 10.0 Å². The molecule has 1 saturated carbocycles. The third kappa shape index (κ3) is 4.33. The summed E-state index contributed by atoms with van der Waals surface area (Å²) < 4.78 is 40.1. The van der Waals surface area contributed by atoms with Crippen LogP contribution in [-0.2, 0) is 6.18 Å². The number of carbonyl (C=O) groups is 2. The number of alkyl halides is 3. The zero-order valence-corrected chi connectivity index (χ0v) is 16.7. The molecule has 2 aromatic rings. The Morgan fingerprint density at radius 2 is 1.77 bits per heavy atom. The number of hydrogen-bond acceptors (Lipinski definition) is 4. The lowest BCUT2D eigenvalue weighted by Gasteiger charge is -2.21. The second-order valence-electron chi connectivity index (χ2n) is 8.13. The van der Waals surface area contributed by atoms with Crippen LogP contribution in [0.15, 0.2) is 30.3 Å². The van der Waals surface area contributed by atoms with E-state index in [0.717, 1.165) is 6.07 Å². The van der Waals surface area contributed by atoms with Crippen LogP contribution in [0.1, 0.15) is 46.1 Å². The molecule has 3 atom stereocenters. The number of hydrogen-bond donors (Lipinski definition) is 2. The number of aryl methyl sites for hydroxylation is 1. The number of rotatable bonds is 3. The lowest BCUT2D eigenvalue weighted by molar-refractivity contribution is -0.138. The minimum absolute atomic E-state index is 0.0866. The van der Waals surface area contributed by atoms with Gasteiger partial charge in [0.1, 0.15) is 0 Å². The maximum absolute atomic E-state index is 13.4. The van der Waals surface area contributed by atoms with Crippen molar-refractivity contribution in [3.63, 3.8) is 0 Å². The fraction of sp³-hybridized carbons (Fsp3) is 0.429. The average molecular weight is 434 g/mol. The summed E-state index contributed by atoms with van der Waals surface area (Å²) in [5, 5.41) is 11.6. The van der Waals surface area contributed by atoms with E-state index >= 15 is 0 Å². The SMILES string of the molecule is Cc1cc(C(=O)O)nc(NC(=O)N2C[C@H]3C[C@@H](c4ccccc4C(F)(F)F)C[C@H]3C2)n1. The van der Waals surface area contributed by atoms with Crippen LogP contribution in [0.25, 0.3) is 0 Å². The third-order valence-electron chi connectivity index (χ3n) is 6.04. The minimum atomic E-state index is -4.39. The molecule has 31 heavy (non-hydrogen) atoms. The zero-order chi connectivity index (χ0) is 22.3. The number of urea groups is 1. The van der Waals surface area contributed by atoms with E-state index in [1.54, 1.807) is 24.0 Å². The second kappa shape index (κ2) is 7.82. The predicted octanol–water partition coefficient (Wildman–Crippen LogP) is 4.16. The highest BCUT2D eigenvalue weighted by Crippen LogP contribution is 2.48. The first-order valence-corrected chi connectivity index (χ1v) is 9.93. The van der Waals surface area contributed by atoms with E-state index in [2.05, 4.69) is 15.3 Å². The molecule has 1 aromatic carbocycles. The monoisotopic (exact) mass is 434 g/mol. The second-order valence-corrected chi connectivity index (χ2v) is 8.13. The number of halogens is 3. The number of nitrogens with zero attached hydrogens (tertiary/aromatic N) is 3. The molecule has 2 fully saturated rings. The van der Waals surface area contributed by atoms with Crippen molar-refractivity contribution in [2.45, 2.75) is 31.9 Å². The van der Waals surface area contributed by atoms with Gasteiger partial charge in [-0.1, -0.05) is 18.2 Å². The number of nitrogens with one attached hydrogen (secondary N) is 1. The Kier molecular flexibility index (Phi) is 5.32. The van der Waals surface area contributed by atoms with Crippen LogP contribution in [0.2, 0.25) is 0 Å². The summed E-state index contributed by atoms with van der Waals surface area (Å²) in [5.74, 6) is -1.26. The first kappa shape index (κ1) is 21.1. The van der Waals surface area contributed by atoms with Crippen molar-refractivity contribution >= 4 is 17.9 Å². The summed E-state index contributed by atoms with van der Waals surface area (Å²) >= 11 is 0. The highest BCUT2D eigenvalue weighted by molar-refractivity contribution is 5.89. The van der Waals surface area contributed by atoms with Crippen molar-refractivity contribution in [1.29, 1.82) is 0 Å². The molecule has 2 amide bonds. The minimum Gasteiger partial charge on any atom is -0.477 e. The van der Waals surface area contributed by atoms with Crippen molar-refractivity contribution in [1.82, 2.24) is 14.9 Å². The number of anilines is 1. The molecule has 1 aliphatic heterocycles. The molecular weight excluding hydrogens is 413 g/mol. The molecule has 2 heterocycles. The molecule has 0 unspecified atom stereocenters. The van der Waals surface area contributed by atoms with Gasteiger partial charge in [-0.2, -0.15) is 13.2 Å². The standard InChI is InChI=1S/C21H21F3N4O3/c1-11-6-17(18(29)30)26-19(25-11)27-20(31)28-9-13-7-12(8-14(13)10-28)15-4-2-3-5-16(15)21(22,23)24/h2-6,12-14H,7-10H2,1H3,(H,29,30)(H,25,26,27,31)/t12-,13-,14+. The predicted molar refractivity (Wildman–Crippen MR) is 105 cm³/mol. The Morgan fingerprint density at radius 3 is 2.39 bits per heavy atom. The molecule has 1 aliphatic carbocycles. The Bertz CT molecular complexity index is 1010. The van der Waals surface area contributed by atoms with E-state index in [-0.39, 0.29) is 29.4 Å². The number of fused-ring (bicyclic) bond motifs is 1. The van der Waals surface area contributed by atoms with Crippen molar-refractivity contribution in [2.24, 2.45) is 11.8 Å². The molecule has 2 aliphatic rings. The molecule has 4 rings (SSSR count). The van der Waals surface area contributed by atoms with Gasteiger partial charge in [0.15, 0.2) is 5.69 Å². The van der Waals surface area contributed by atoms with E-state index < -0.39 is 23.7 Å². The number of carbonyl (C=O) groups excluding carboxylic acids is 1. The van der Waals surface area contributed by atoms with Gasteiger partial charge in [-0.05, 0) is 55.2 Å². The van der Waals surface area contributed by atoms with Crippen molar-refractivity contribution in [2.75, 3.05) is 18.4 Å². The summed E-state index contributed by atoms with van der Waals surface area (Å²) in [6, 6.07) is 6.56. The topological polar surface area (TPSA) is 95.4 Å². The third-order valence-corrected chi connectivity index (χ3v) is 6.04. The summed E-state index contributed by atoms with van der Waals surface area (Å²) in [6.45, 7) is 2.46. The van der Waals surface area contributed by atoms with E-state index in [1.807, 2.05) is 0 Å². The Morgan fingerprint density at radius 1 is 1.13 bits per heavy atom. The highest BCUT2D eigenvalue weighted by Gasteiger charge is 2.45. The molecule has 1 aromatic heterocycles. The molecule has 2 N–H and O–H groups in total. The molecule has 0 bridgehead atoms. The van der Waals surface area contributed by atoms with Crippen molar-refractivity contribution in [3.05, 3.63) is 52.8 Å². The lowest BCUT2D eigenvalue weighted by atomic mass is 9.91. The molecule has 7 nitrogen and oxygen atoms in total. The van der Waals surface area contributed by atoms with Gasteiger partial charge in [-0.3, -0.25) is 5.32 Å². The van der Waals surface area contributed by atoms with Crippen LogP contribution >= 0.6 is 0 Å². The number of aromatic carboxylic acids is 1. The van der Waals surface area contributed by atoms with E-state index in [9.17, 15) is 22.8 Å². The maximum Gasteiger partial charge on any atom is 0.416 e. The number of aromatic nitrogens is 2. The van der Waals surface area contributed by atoms with Crippen LogP contribution in [-0.4, -0.2) is 45.1 Å². The van der Waals surface area contributed by atoms with Crippen LogP contribution in [0.5, 0.6) is 0 Å². The molecule has 164 valence electrons. The normalized spacial score (nSPS) is 23.0. The highest BCUT2D eigenvalue weighted by atomic mass is 19.4. The molecule has 10 heteroatoms. The first-order valence-electron chi connectivity index (χ1n) is 9.93.